The van der Waals surface area contributed by atoms with Crippen LogP contribution >= 0.6 is 0 Å². The number of anilines is 2. The van der Waals surface area contributed by atoms with E-state index < -0.39 is 20.5 Å². The predicted octanol–water partition coefficient (Wildman–Crippen LogP) is 3.11. The van der Waals surface area contributed by atoms with Gasteiger partial charge >= 0.3 is 6.18 Å². The van der Waals surface area contributed by atoms with E-state index in [2.05, 4.69) is 38.5 Å². The van der Waals surface area contributed by atoms with Crippen molar-refractivity contribution in [3.8, 4) is 5.75 Å². The van der Waals surface area contributed by atoms with Gasteiger partial charge in [0.2, 0.25) is 11.9 Å². The molecule has 5 rings (SSSR count). The number of hydrogen-bond donors (Lipinski definition) is 2. The standard InChI is InChI=1S/C23H29F3N8O3Si/c1-38(2)10-9-37-14-33-18-11-15(35)3-4-17(18)29-19(33)13-27-21-31-22(32-5-7-36-8-6-32)30-20-16(23(24,25)26)12-28-34(20)21/h3-4,11-12,35,38H,5-10,13-14H2,1-2H3,(H,27,30,31). The van der Waals surface area contributed by atoms with Crippen molar-refractivity contribution in [3.63, 3.8) is 0 Å². The Morgan fingerprint density at radius 2 is 1.95 bits per heavy atom. The lowest BCUT2D eigenvalue weighted by atomic mass is 10.3. The summed E-state index contributed by atoms with van der Waals surface area (Å²) in [5, 5.41) is 17.1. The Balaban J connectivity index is 1.48. The lowest BCUT2D eigenvalue weighted by molar-refractivity contribution is -0.136. The molecule has 4 heterocycles. The first kappa shape index (κ1) is 26.2. The first-order valence-corrected chi connectivity index (χ1v) is 15.5. The van der Waals surface area contributed by atoms with E-state index >= 15 is 0 Å². The zero-order valence-electron chi connectivity index (χ0n) is 21.1. The molecule has 0 radical (unpaired) electrons. The number of alkyl halides is 3. The zero-order valence-corrected chi connectivity index (χ0v) is 22.2. The van der Waals surface area contributed by atoms with Crippen LogP contribution in [0, 0.1) is 0 Å². The summed E-state index contributed by atoms with van der Waals surface area (Å²) in [5.74, 6) is 0.918. The highest BCUT2D eigenvalue weighted by Crippen LogP contribution is 2.33. The Bertz CT molecular complexity index is 1420. The Hall–Kier alpha value is -3.43. The van der Waals surface area contributed by atoms with Gasteiger partial charge in [-0.2, -0.15) is 32.8 Å². The molecule has 0 aliphatic carbocycles. The van der Waals surface area contributed by atoms with Crippen molar-refractivity contribution in [2.45, 2.75) is 38.6 Å². The molecule has 0 unspecified atom stereocenters. The second-order valence-electron chi connectivity index (χ2n) is 9.44. The van der Waals surface area contributed by atoms with Gasteiger partial charge in [0.1, 0.15) is 23.9 Å². The van der Waals surface area contributed by atoms with Crippen LogP contribution in [0.3, 0.4) is 0 Å². The Kier molecular flexibility index (Phi) is 7.40. The van der Waals surface area contributed by atoms with Gasteiger partial charge in [-0.3, -0.25) is 0 Å². The molecule has 11 nitrogen and oxygen atoms in total. The molecule has 0 spiro atoms. The van der Waals surface area contributed by atoms with E-state index in [9.17, 15) is 18.3 Å². The van der Waals surface area contributed by atoms with E-state index in [-0.39, 0.29) is 36.6 Å². The summed E-state index contributed by atoms with van der Waals surface area (Å²) in [6.45, 7) is 7.22. The van der Waals surface area contributed by atoms with E-state index in [0.717, 1.165) is 16.8 Å². The number of nitrogens with one attached hydrogen (secondary N) is 1. The van der Waals surface area contributed by atoms with Gasteiger partial charge < -0.3 is 29.4 Å². The number of rotatable bonds is 9. The number of hydrogen-bond acceptors (Lipinski definition) is 9. The van der Waals surface area contributed by atoms with Gasteiger partial charge in [0.25, 0.3) is 0 Å². The van der Waals surface area contributed by atoms with E-state index in [1.807, 2.05) is 4.57 Å². The van der Waals surface area contributed by atoms with Gasteiger partial charge in [0, 0.05) is 34.6 Å². The van der Waals surface area contributed by atoms with Gasteiger partial charge in [-0.15, -0.1) is 0 Å². The summed E-state index contributed by atoms with van der Waals surface area (Å²) in [6.07, 6.45) is -3.87. The lowest BCUT2D eigenvalue weighted by Gasteiger charge is -2.27. The number of fused-ring (bicyclic) bond motifs is 2. The smallest absolute Gasteiger partial charge is 0.421 e. The normalized spacial score (nSPS) is 14.7. The maximum Gasteiger partial charge on any atom is 0.421 e. The average molecular weight is 551 g/mol. The van der Waals surface area contributed by atoms with Gasteiger partial charge in [0.05, 0.1) is 37.0 Å². The molecular weight excluding hydrogens is 521 g/mol. The summed E-state index contributed by atoms with van der Waals surface area (Å²) < 4.78 is 55.2. The number of aromatic hydroxyl groups is 1. The minimum absolute atomic E-state index is 0.0941. The van der Waals surface area contributed by atoms with Crippen LogP contribution in [0.15, 0.2) is 24.4 Å². The van der Waals surface area contributed by atoms with Gasteiger partial charge in [-0.25, -0.2) is 4.98 Å². The van der Waals surface area contributed by atoms with Gasteiger partial charge in [0.15, 0.2) is 5.65 Å². The third-order valence-electron chi connectivity index (χ3n) is 6.23. The number of halogens is 3. The maximum absolute atomic E-state index is 13.7. The SMILES string of the molecule is C[SiH](C)CCOCn1c(CNc2nc(N3CCOCC3)nc3c(C(F)(F)F)cnn23)nc2ccc(O)cc21. The number of ether oxygens (including phenoxy) is 2. The Labute approximate surface area is 217 Å². The fourth-order valence-corrected chi connectivity index (χ4v) is 4.80. The Morgan fingerprint density at radius 1 is 1.16 bits per heavy atom. The van der Waals surface area contributed by atoms with Crippen molar-refractivity contribution < 1.29 is 27.8 Å². The number of nitrogens with zero attached hydrogens (tertiary/aromatic N) is 7. The van der Waals surface area contributed by atoms with E-state index in [1.54, 1.807) is 23.1 Å². The number of phenolic OH excluding ortho intramolecular Hbond substituents is 1. The fraction of sp³-hybridized carbons (Fsp3) is 0.478. The van der Waals surface area contributed by atoms with Crippen molar-refractivity contribution in [2.75, 3.05) is 43.1 Å². The van der Waals surface area contributed by atoms with Crippen LogP contribution in [0.4, 0.5) is 25.1 Å². The summed E-state index contributed by atoms with van der Waals surface area (Å²) in [6, 6.07) is 5.88. The van der Waals surface area contributed by atoms with Crippen molar-refractivity contribution in [2.24, 2.45) is 0 Å². The van der Waals surface area contributed by atoms with E-state index in [0.29, 0.717) is 49.8 Å². The predicted molar refractivity (Wildman–Crippen MR) is 137 cm³/mol. The van der Waals surface area contributed by atoms with Crippen molar-refractivity contribution in [1.29, 1.82) is 0 Å². The molecule has 38 heavy (non-hydrogen) atoms. The third kappa shape index (κ3) is 5.54. The van der Waals surface area contributed by atoms with Crippen molar-refractivity contribution in [3.05, 3.63) is 35.8 Å². The summed E-state index contributed by atoms with van der Waals surface area (Å²) in [5.41, 5.74) is 0.0592. The molecule has 1 fully saturated rings. The number of phenols is 1. The second-order valence-corrected chi connectivity index (χ2v) is 12.8. The molecule has 0 bridgehead atoms. The molecule has 204 valence electrons. The molecule has 1 saturated heterocycles. The molecule has 3 aromatic heterocycles. The third-order valence-corrected chi connectivity index (χ3v) is 7.62. The van der Waals surface area contributed by atoms with Gasteiger partial charge in [-0.1, -0.05) is 13.1 Å². The maximum atomic E-state index is 13.7. The molecule has 1 aliphatic rings. The summed E-state index contributed by atoms with van der Waals surface area (Å²) in [4.78, 5) is 15.1. The summed E-state index contributed by atoms with van der Waals surface area (Å²) in [7, 11) is -0.775. The largest absolute Gasteiger partial charge is 0.508 e. The van der Waals surface area contributed by atoms with Crippen LogP contribution in [0.1, 0.15) is 11.4 Å². The quantitative estimate of drug-likeness (QED) is 0.240. The molecule has 1 aromatic carbocycles. The molecule has 4 aromatic rings. The monoisotopic (exact) mass is 550 g/mol. The molecule has 2 N–H and O–H groups in total. The number of aromatic nitrogens is 6. The van der Waals surface area contributed by atoms with Crippen LogP contribution in [-0.4, -0.2) is 75.9 Å². The highest BCUT2D eigenvalue weighted by atomic mass is 28.3. The average Bonchev–Trinajstić information content (AvgIpc) is 3.47. The van der Waals surface area contributed by atoms with E-state index in [4.69, 9.17) is 9.47 Å². The molecule has 0 saturated carbocycles. The Morgan fingerprint density at radius 3 is 2.68 bits per heavy atom. The topological polar surface area (TPSA) is 115 Å². The highest BCUT2D eigenvalue weighted by molar-refractivity contribution is 6.55. The van der Waals surface area contributed by atoms with Crippen LogP contribution in [0.2, 0.25) is 19.1 Å². The first-order valence-electron chi connectivity index (χ1n) is 12.4. The van der Waals surface area contributed by atoms with Crippen molar-refractivity contribution in [1.82, 2.24) is 29.1 Å². The van der Waals surface area contributed by atoms with Crippen LogP contribution in [0.25, 0.3) is 16.7 Å². The number of benzene rings is 1. The molecule has 0 amide bonds. The van der Waals surface area contributed by atoms with Crippen LogP contribution in [0.5, 0.6) is 5.75 Å². The first-order chi connectivity index (χ1) is 18.2. The van der Waals surface area contributed by atoms with Crippen LogP contribution in [-0.2, 0) is 28.9 Å². The lowest BCUT2D eigenvalue weighted by Crippen LogP contribution is -2.37. The highest BCUT2D eigenvalue weighted by Gasteiger charge is 2.36. The molecule has 15 heteroatoms. The molecule has 1 aliphatic heterocycles. The number of imidazole rings is 1. The van der Waals surface area contributed by atoms with E-state index in [1.165, 1.54) is 0 Å². The van der Waals surface area contributed by atoms with Gasteiger partial charge in [-0.05, 0) is 18.2 Å². The summed E-state index contributed by atoms with van der Waals surface area (Å²) >= 11 is 0. The molecular formula is C23H29F3N8O3Si. The zero-order chi connectivity index (χ0) is 26.9. The van der Waals surface area contributed by atoms with Crippen LogP contribution < -0.4 is 10.2 Å². The molecule has 0 atom stereocenters. The second kappa shape index (κ2) is 10.7. The number of morpholine rings is 1. The minimum atomic E-state index is -4.62. The fourth-order valence-electron chi connectivity index (χ4n) is 4.16. The van der Waals surface area contributed by atoms with Crippen molar-refractivity contribution >= 4 is 37.4 Å². The minimum Gasteiger partial charge on any atom is -0.508 e.